The molecule has 11 rings (SSSR count). The molecular formula is C66H63Cl2SiZr. The maximum atomic E-state index is 9.59. The average Bonchev–Trinajstić information content (AvgIpc) is 4.08. The Morgan fingerprint density at radius 1 is 0.429 bits per heavy atom. The summed E-state index contributed by atoms with van der Waals surface area (Å²) in [5.41, 5.74) is 23.0. The van der Waals surface area contributed by atoms with Gasteiger partial charge in [0.25, 0.3) is 0 Å². The zero-order chi connectivity index (χ0) is 48.8. The first-order valence-corrected chi connectivity index (χ1v) is 37.3. The molecule has 0 spiro atoms. The molecule has 8 aromatic rings. The van der Waals surface area contributed by atoms with Gasteiger partial charge < -0.3 is 0 Å². The van der Waals surface area contributed by atoms with E-state index in [4.69, 9.17) is 0 Å². The fourth-order valence-electron chi connectivity index (χ4n) is 12.9. The van der Waals surface area contributed by atoms with Crippen LogP contribution in [0.15, 0.2) is 187 Å². The van der Waals surface area contributed by atoms with Gasteiger partial charge in [-0.2, -0.15) is 0 Å². The summed E-state index contributed by atoms with van der Waals surface area (Å²) < 4.78 is 0.939. The number of rotatable bonds is 9. The first-order valence-electron chi connectivity index (χ1n) is 25.5. The monoisotopic (exact) mass is 1040 g/mol. The quantitative estimate of drug-likeness (QED) is 0.126. The second-order valence-corrected chi connectivity index (χ2v) is 44.6. The number of hydrogen-bond acceptors (Lipinski definition) is 0. The molecule has 3 aliphatic rings. The number of benzene rings is 8. The first kappa shape index (κ1) is 47.3. The Morgan fingerprint density at radius 3 is 1.27 bits per heavy atom. The SMILES string of the molecule is CCC1=Cc2c(ccc(C(C)(C)C)c2-c2ccccc2-c2ccccc2)[CH]1[Zr]([Cl])([Cl])([c]1cccc2c1[SiH2]c1ccccc1-2)[CH]1C(CC)=Cc2c1ccc(C(C)(C)C)c2-c1ccccc1-c1ccccc1. The van der Waals surface area contributed by atoms with Crippen molar-refractivity contribution in [2.45, 2.75) is 86.3 Å². The van der Waals surface area contributed by atoms with E-state index < -0.39 is 25.9 Å². The number of hydrogen-bond donors (Lipinski definition) is 0. The minimum atomic E-state index is -5.83. The minimum absolute atomic E-state index is 0.135. The normalized spacial score (nSPS) is 17.0. The third kappa shape index (κ3) is 7.45. The van der Waals surface area contributed by atoms with E-state index in [1.165, 1.54) is 114 Å². The Bertz CT molecular complexity index is 3260. The summed E-state index contributed by atoms with van der Waals surface area (Å²) in [5, 5.41) is 2.94. The van der Waals surface area contributed by atoms with Crippen LogP contribution in [0.1, 0.15) is 109 Å². The van der Waals surface area contributed by atoms with Crippen LogP contribution in [0.4, 0.5) is 0 Å². The summed E-state index contributed by atoms with van der Waals surface area (Å²) in [6.45, 7) is 18.8. The van der Waals surface area contributed by atoms with Crippen LogP contribution < -0.4 is 13.6 Å². The zero-order valence-corrected chi connectivity index (χ0v) is 47.3. The van der Waals surface area contributed by atoms with Gasteiger partial charge in [-0.3, -0.25) is 0 Å². The predicted octanol–water partition coefficient (Wildman–Crippen LogP) is 16.8. The van der Waals surface area contributed by atoms with Crippen molar-refractivity contribution in [2.24, 2.45) is 0 Å². The van der Waals surface area contributed by atoms with Crippen molar-refractivity contribution in [1.82, 2.24) is 0 Å². The van der Waals surface area contributed by atoms with E-state index in [1.54, 1.807) is 0 Å². The molecular weight excluding hydrogens is 983 g/mol. The second-order valence-electron chi connectivity index (χ2n) is 22.1. The molecule has 1 heterocycles. The van der Waals surface area contributed by atoms with Gasteiger partial charge in [0.05, 0.1) is 0 Å². The van der Waals surface area contributed by atoms with E-state index in [1.807, 2.05) is 0 Å². The molecule has 2 aliphatic carbocycles. The molecule has 0 saturated carbocycles. The van der Waals surface area contributed by atoms with E-state index in [9.17, 15) is 17.0 Å². The van der Waals surface area contributed by atoms with Crippen molar-refractivity contribution in [1.29, 1.82) is 0 Å². The van der Waals surface area contributed by atoms with Gasteiger partial charge in [0.1, 0.15) is 0 Å². The molecule has 8 aromatic carbocycles. The number of halogens is 2. The average molecular weight is 1050 g/mol. The Morgan fingerprint density at radius 2 is 0.829 bits per heavy atom. The van der Waals surface area contributed by atoms with Crippen LogP contribution in [0.25, 0.3) is 67.8 Å². The Balaban J connectivity index is 1.24. The number of allylic oxidation sites excluding steroid dienone is 2. The summed E-state index contributed by atoms with van der Waals surface area (Å²) in [5.74, 6) is 0. The van der Waals surface area contributed by atoms with Gasteiger partial charge in [-0.1, -0.05) is 0 Å². The maximum absolute atomic E-state index is 9.59. The molecule has 4 heteroatoms. The van der Waals surface area contributed by atoms with Crippen molar-refractivity contribution >= 4 is 52.3 Å². The molecule has 2 unspecified atom stereocenters. The van der Waals surface area contributed by atoms with Crippen LogP contribution in [0, 0.1) is 0 Å². The summed E-state index contributed by atoms with van der Waals surface area (Å²) in [7, 11) is 18.2. The molecule has 0 amide bonds. The third-order valence-corrected chi connectivity index (χ3v) is 38.8. The zero-order valence-electron chi connectivity index (χ0n) is 41.9. The van der Waals surface area contributed by atoms with Crippen LogP contribution in [0.2, 0.25) is 0 Å². The van der Waals surface area contributed by atoms with Gasteiger partial charge in [-0.05, 0) is 0 Å². The van der Waals surface area contributed by atoms with Crippen molar-refractivity contribution in [3.05, 3.63) is 220 Å². The van der Waals surface area contributed by atoms with Crippen molar-refractivity contribution in [3.8, 4) is 55.6 Å². The van der Waals surface area contributed by atoms with Gasteiger partial charge in [0, 0.05) is 0 Å². The fourth-order valence-corrected chi connectivity index (χ4v) is 41.2. The predicted molar refractivity (Wildman–Crippen MR) is 305 cm³/mol. The van der Waals surface area contributed by atoms with Crippen LogP contribution in [-0.4, -0.2) is 9.52 Å². The van der Waals surface area contributed by atoms with Gasteiger partial charge in [-0.25, -0.2) is 0 Å². The molecule has 349 valence electrons. The summed E-state index contributed by atoms with van der Waals surface area (Å²) in [4.78, 5) is 0. The van der Waals surface area contributed by atoms with Crippen molar-refractivity contribution in [3.63, 3.8) is 0 Å². The first-order chi connectivity index (χ1) is 33.6. The fraction of sp³-hybridized carbons (Fsp3) is 0.212. The standard InChI is InChI=1S/2C27H27.C12H9Si.2ClH.Zr/c2*1-5-19-17-21-15-16-25(27(2,3)4)26(24(21)18-19)23-14-10-9-13-22(23)20-11-7-6-8-12-20;1-3-7-11-9(5-1)10-6-2-4-8-12(10)13-11;;;/h2*6-18H,5H2,1-4H3;1-7H,13H2;2*1H;/q;;;;;+2/p-2. The molecule has 0 saturated heterocycles. The van der Waals surface area contributed by atoms with Crippen LogP contribution in [-0.2, 0) is 27.2 Å². The van der Waals surface area contributed by atoms with E-state index in [-0.39, 0.29) is 18.1 Å². The second kappa shape index (κ2) is 17.6. The molecule has 0 nitrogen and oxygen atoms in total. The molecule has 2 atom stereocenters. The molecule has 0 radical (unpaired) electrons. The molecule has 0 bridgehead atoms. The molecule has 0 fully saturated rings. The number of fused-ring (bicyclic) bond motifs is 5. The van der Waals surface area contributed by atoms with E-state index in [0.717, 1.165) is 12.8 Å². The Hall–Kier alpha value is -5.08. The summed E-state index contributed by atoms with van der Waals surface area (Å²) in [6, 6.07) is 65.8. The van der Waals surface area contributed by atoms with Gasteiger partial charge >= 0.3 is 431 Å². The Kier molecular flexibility index (Phi) is 11.9. The summed E-state index contributed by atoms with van der Waals surface area (Å²) in [6.07, 6.45) is 6.80. The van der Waals surface area contributed by atoms with Crippen molar-refractivity contribution in [2.75, 3.05) is 0 Å². The molecule has 0 aromatic heterocycles. The summed E-state index contributed by atoms with van der Waals surface area (Å²) >= 11 is -5.83. The molecule has 70 heavy (non-hydrogen) atoms. The van der Waals surface area contributed by atoms with E-state index in [0.29, 0.717) is 0 Å². The van der Waals surface area contributed by atoms with Gasteiger partial charge in [0.15, 0.2) is 0 Å². The van der Waals surface area contributed by atoms with Crippen molar-refractivity contribution < 1.29 is 16.4 Å². The topological polar surface area (TPSA) is 0 Å². The van der Waals surface area contributed by atoms with Crippen LogP contribution >= 0.6 is 17.0 Å². The van der Waals surface area contributed by atoms with Crippen LogP contribution in [0.3, 0.4) is 0 Å². The van der Waals surface area contributed by atoms with E-state index >= 15 is 0 Å². The van der Waals surface area contributed by atoms with E-state index in [2.05, 4.69) is 243 Å². The van der Waals surface area contributed by atoms with Crippen LogP contribution in [0.5, 0.6) is 0 Å². The van der Waals surface area contributed by atoms with Gasteiger partial charge in [0.2, 0.25) is 0 Å². The molecule has 0 N–H and O–H groups in total. The molecule has 1 aliphatic heterocycles. The van der Waals surface area contributed by atoms with Gasteiger partial charge in [-0.15, -0.1) is 0 Å². The third-order valence-electron chi connectivity index (χ3n) is 16.0. The Labute approximate surface area is 427 Å².